The number of nitrogens with zero attached hydrogens (tertiary/aromatic N) is 2. The van der Waals surface area contributed by atoms with Gasteiger partial charge in [0.1, 0.15) is 24.1 Å². The third kappa shape index (κ3) is 5.35. The summed E-state index contributed by atoms with van der Waals surface area (Å²) in [5.41, 5.74) is 0.259. The van der Waals surface area contributed by atoms with E-state index in [4.69, 9.17) is 14.2 Å². The van der Waals surface area contributed by atoms with E-state index in [1.54, 1.807) is 37.3 Å². The number of anilines is 1. The molecule has 0 saturated carbocycles. The molecule has 1 aromatic heterocycles. The summed E-state index contributed by atoms with van der Waals surface area (Å²) in [6.45, 7) is 4.12. The fraction of sp³-hybridized carbons (Fsp3) is 0.476. The number of aromatic nitrogens is 2. The van der Waals surface area contributed by atoms with Gasteiger partial charge in [-0.1, -0.05) is 18.2 Å². The summed E-state index contributed by atoms with van der Waals surface area (Å²) in [5.74, 6) is -0.264. The van der Waals surface area contributed by atoms with Crippen LogP contribution in [0.3, 0.4) is 0 Å². The average molecular weight is 433 g/mol. The lowest BCUT2D eigenvalue weighted by Gasteiger charge is -2.23. The Morgan fingerprint density at radius 2 is 2.03 bits per heavy atom. The molecule has 10 nitrogen and oxygen atoms in total. The number of aliphatic hydroxyl groups is 2. The average Bonchev–Trinajstić information content (AvgIpc) is 3.09. The van der Waals surface area contributed by atoms with Crippen molar-refractivity contribution in [3.8, 4) is 0 Å². The molecule has 1 aromatic carbocycles. The van der Waals surface area contributed by atoms with Crippen LogP contribution in [-0.4, -0.2) is 70.4 Å². The van der Waals surface area contributed by atoms with E-state index in [9.17, 15) is 19.8 Å². The maximum absolute atomic E-state index is 12.7. The normalized spacial score (nSPS) is 23.1. The van der Waals surface area contributed by atoms with Crippen LogP contribution < -0.4 is 11.0 Å². The van der Waals surface area contributed by atoms with Crippen LogP contribution in [0.1, 0.15) is 29.1 Å². The minimum Gasteiger partial charge on any atom is -0.394 e. The molecule has 0 unspecified atom stereocenters. The zero-order valence-corrected chi connectivity index (χ0v) is 17.4. The molecule has 0 aliphatic carbocycles. The minimum atomic E-state index is -1.14. The standard InChI is InChI=1S/C21H27N3O7/c1-3-29-9-10-30-17-16(26)15(12-25)31-20(17)24-11-13(2)18(23-21(24)28)22-19(27)14-7-5-4-6-8-14/h4-8,11,15-17,20,25-26H,3,9-10,12H2,1-2H3,(H,22,23,27,28)/t15-,16-,17-,20-/m1/s1. The van der Waals surface area contributed by atoms with Gasteiger partial charge in [-0.2, -0.15) is 4.98 Å². The molecule has 0 bridgehead atoms. The first-order valence-electron chi connectivity index (χ1n) is 10.1. The topological polar surface area (TPSA) is 132 Å². The van der Waals surface area contributed by atoms with Gasteiger partial charge in [0.25, 0.3) is 5.91 Å². The number of ether oxygens (including phenoxy) is 3. The molecule has 0 spiro atoms. The Morgan fingerprint density at radius 1 is 1.29 bits per heavy atom. The SMILES string of the molecule is CCOCCO[C@@H]1[C@H](O)[C@@H](CO)O[C@H]1n1cc(C)c(NC(=O)c2ccccc2)nc1=O. The van der Waals surface area contributed by atoms with E-state index in [0.717, 1.165) is 0 Å². The van der Waals surface area contributed by atoms with Gasteiger partial charge in [0.05, 0.1) is 19.8 Å². The van der Waals surface area contributed by atoms with Crippen molar-refractivity contribution < 1.29 is 29.2 Å². The van der Waals surface area contributed by atoms with E-state index in [0.29, 0.717) is 24.3 Å². The Balaban J connectivity index is 1.81. The summed E-state index contributed by atoms with van der Waals surface area (Å²) in [7, 11) is 0. The lowest BCUT2D eigenvalue weighted by Crippen LogP contribution is -2.39. The first-order valence-corrected chi connectivity index (χ1v) is 10.1. The summed E-state index contributed by atoms with van der Waals surface area (Å²) >= 11 is 0. The quantitative estimate of drug-likeness (QED) is 0.487. The highest BCUT2D eigenvalue weighted by Gasteiger charge is 2.45. The van der Waals surface area contributed by atoms with Crippen molar-refractivity contribution in [3.05, 3.63) is 58.1 Å². The summed E-state index contributed by atoms with van der Waals surface area (Å²) in [6, 6.07) is 8.57. The highest BCUT2D eigenvalue weighted by molar-refractivity contribution is 6.03. The Kier molecular flexibility index (Phi) is 7.88. The number of nitrogens with one attached hydrogen (secondary N) is 1. The predicted octanol–water partition coefficient (Wildman–Crippen LogP) is 0.476. The van der Waals surface area contributed by atoms with Crippen molar-refractivity contribution in [3.63, 3.8) is 0 Å². The molecule has 4 atom stereocenters. The number of benzene rings is 1. The Hall–Kier alpha value is -2.63. The van der Waals surface area contributed by atoms with Crippen LogP contribution in [0.15, 0.2) is 41.3 Å². The molecule has 168 valence electrons. The zero-order chi connectivity index (χ0) is 22.4. The first kappa shape index (κ1) is 23.0. The van der Waals surface area contributed by atoms with Crippen LogP contribution in [0.2, 0.25) is 0 Å². The molecule has 3 N–H and O–H groups in total. The van der Waals surface area contributed by atoms with E-state index in [1.165, 1.54) is 10.8 Å². The van der Waals surface area contributed by atoms with Gasteiger partial charge in [0.2, 0.25) is 0 Å². The smallest absolute Gasteiger partial charge is 0.351 e. The largest absolute Gasteiger partial charge is 0.394 e. The van der Waals surface area contributed by atoms with E-state index in [2.05, 4.69) is 10.3 Å². The second kappa shape index (κ2) is 10.6. The first-order chi connectivity index (χ1) is 15.0. The molecule has 2 aromatic rings. The number of hydrogen-bond donors (Lipinski definition) is 3. The van der Waals surface area contributed by atoms with Crippen LogP contribution in [0.25, 0.3) is 0 Å². The maximum Gasteiger partial charge on any atom is 0.351 e. The molecule has 1 amide bonds. The van der Waals surface area contributed by atoms with E-state index >= 15 is 0 Å². The van der Waals surface area contributed by atoms with E-state index in [-0.39, 0.29) is 12.4 Å². The highest BCUT2D eigenvalue weighted by Crippen LogP contribution is 2.31. The van der Waals surface area contributed by atoms with Crippen molar-refractivity contribution in [2.45, 2.75) is 38.4 Å². The van der Waals surface area contributed by atoms with Gasteiger partial charge < -0.3 is 29.7 Å². The van der Waals surface area contributed by atoms with Gasteiger partial charge in [-0.25, -0.2) is 4.79 Å². The van der Waals surface area contributed by atoms with Crippen molar-refractivity contribution >= 4 is 11.7 Å². The lowest BCUT2D eigenvalue weighted by atomic mass is 10.1. The number of carbonyl (C=O) groups excluding carboxylic acids is 1. The van der Waals surface area contributed by atoms with Gasteiger partial charge in [0, 0.05) is 23.9 Å². The molecule has 1 aliphatic heterocycles. The number of amides is 1. The molecular weight excluding hydrogens is 406 g/mol. The number of carbonyl (C=O) groups is 1. The van der Waals surface area contributed by atoms with Gasteiger partial charge in [0.15, 0.2) is 6.23 Å². The fourth-order valence-corrected chi connectivity index (χ4v) is 3.31. The molecule has 1 fully saturated rings. The molecule has 10 heteroatoms. The monoisotopic (exact) mass is 433 g/mol. The number of aliphatic hydroxyl groups excluding tert-OH is 2. The van der Waals surface area contributed by atoms with E-state index < -0.39 is 42.7 Å². The third-order valence-corrected chi connectivity index (χ3v) is 4.91. The second-order valence-corrected chi connectivity index (χ2v) is 7.05. The summed E-state index contributed by atoms with van der Waals surface area (Å²) in [4.78, 5) is 29.1. The minimum absolute atomic E-state index is 0.126. The van der Waals surface area contributed by atoms with Gasteiger partial charge in [-0.15, -0.1) is 0 Å². The molecule has 31 heavy (non-hydrogen) atoms. The molecule has 1 saturated heterocycles. The second-order valence-electron chi connectivity index (χ2n) is 7.05. The molecular formula is C21H27N3O7. The Labute approximate surface area is 179 Å². The molecule has 1 aliphatic rings. The Morgan fingerprint density at radius 3 is 2.71 bits per heavy atom. The van der Waals surface area contributed by atoms with Gasteiger partial charge >= 0.3 is 5.69 Å². The third-order valence-electron chi connectivity index (χ3n) is 4.91. The summed E-state index contributed by atoms with van der Waals surface area (Å²) in [5, 5.41) is 22.6. The lowest BCUT2D eigenvalue weighted by molar-refractivity contribution is -0.0838. The number of rotatable bonds is 9. The maximum atomic E-state index is 12.7. The molecule has 0 radical (unpaired) electrons. The fourth-order valence-electron chi connectivity index (χ4n) is 3.31. The van der Waals surface area contributed by atoms with Crippen LogP contribution in [0, 0.1) is 6.92 Å². The van der Waals surface area contributed by atoms with Crippen molar-refractivity contribution in [1.29, 1.82) is 0 Å². The van der Waals surface area contributed by atoms with Crippen molar-refractivity contribution in [2.75, 3.05) is 31.7 Å². The van der Waals surface area contributed by atoms with Crippen LogP contribution >= 0.6 is 0 Å². The van der Waals surface area contributed by atoms with Crippen LogP contribution in [-0.2, 0) is 14.2 Å². The summed E-state index contributed by atoms with van der Waals surface area (Å²) < 4.78 is 17.8. The van der Waals surface area contributed by atoms with Gasteiger partial charge in [-0.05, 0) is 26.0 Å². The van der Waals surface area contributed by atoms with Crippen LogP contribution in [0.4, 0.5) is 5.82 Å². The van der Waals surface area contributed by atoms with Crippen LogP contribution in [0.5, 0.6) is 0 Å². The van der Waals surface area contributed by atoms with Crippen molar-refractivity contribution in [2.24, 2.45) is 0 Å². The highest BCUT2D eigenvalue weighted by atomic mass is 16.6. The van der Waals surface area contributed by atoms with E-state index in [1.807, 2.05) is 6.92 Å². The number of hydrogen-bond acceptors (Lipinski definition) is 8. The Bertz CT molecular complexity index is 934. The summed E-state index contributed by atoms with van der Waals surface area (Å²) in [6.07, 6.45) is -2.47. The number of aryl methyl sites for hydroxylation is 1. The predicted molar refractivity (Wildman–Crippen MR) is 111 cm³/mol. The van der Waals surface area contributed by atoms with Crippen molar-refractivity contribution in [1.82, 2.24) is 9.55 Å². The zero-order valence-electron chi connectivity index (χ0n) is 17.4. The molecule has 2 heterocycles. The molecule has 3 rings (SSSR count). The van der Waals surface area contributed by atoms with Gasteiger partial charge in [-0.3, -0.25) is 9.36 Å².